The summed E-state index contributed by atoms with van der Waals surface area (Å²) in [5.41, 5.74) is 0. The molecule has 0 aliphatic carbocycles. The molecule has 0 aromatic heterocycles. The van der Waals surface area contributed by atoms with Crippen LogP contribution in [0.2, 0.25) is 0 Å². The van der Waals surface area contributed by atoms with Crippen LogP contribution < -0.4 is 0 Å². The summed E-state index contributed by atoms with van der Waals surface area (Å²) in [6, 6.07) is 0. The molecular formula is C31H62O. The minimum absolute atomic E-state index is 0. The molecule has 0 saturated carbocycles. The van der Waals surface area contributed by atoms with Gasteiger partial charge in [-0.3, -0.25) is 0 Å². The summed E-state index contributed by atoms with van der Waals surface area (Å²) in [7, 11) is 0. The molecular weight excluding hydrogens is 388 g/mol. The van der Waals surface area contributed by atoms with Crippen LogP contribution >= 0.6 is 0 Å². The van der Waals surface area contributed by atoms with Crippen LogP contribution in [0.5, 0.6) is 0 Å². The molecule has 0 amide bonds. The van der Waals surface area contributed by atoms with Gasteiger partial charge < -0.3 is 5.11 Å². The van der Waals surface area contributed by atoms with E-state index in [1.54, 1.807) is 0 Å². The number of rotatable bonds is 28. The van der Waals surface area contributed by atoms with Crippen molar-refractivity contribution >= 4 is 0 Å². The molecule has 0 aromatic rings. The van der Waals surface area contributed by atoms with Gasteiger partial charge in [0, 0.05) is 14.0 Å². The Labute approximate surface area is 205 Å². The van der Waals surface area contributed by atoms with Crippen molar-refractivity contribution < 1.29 is 5.11 Å². The fraction of sp³-hybridized carbons (Fsp3) is 0.968. The Bertz CT molecular complexity index is 260. The third-order valence-corrected chi connectivity index (χ3v) is 7.01. The van der Waals surface area contributed by atoms with Gasteiger partial charge in [-0.2, -0.15) is 0 Å². The van der Waals surface area contributed by atoms with Crippen molar-refractivity contribution in [3.05, 3.63) is 7.43 Å². The molecule has 1 nitrogen and oxygen atoms in total. The second kappa shape index (κ2) is 33.1. The van der Waals surface area contributed by atoms with Crippen molar-refractivity contribution in [2.45, 2.75) is 187 Å². The maximum Gasteiger partial charge on any atom is 0.0431 e. The van der Waals surface area contributed by atoms with Crippen molar-refractivity contribution in [1.29, 1.82) is 0 Å². The molecule has 0 spiro atoms. The molecule has 0 fully saturated rings. The van der Waals surface area contributed by atoms with E-state index in [-0.39, 0.29) is 7.43 Å². The second-order valence-electron chi connectivity index (χ2n) is 10.3. The summed E-state index contributed by atoms with van der Waals surface area (Å²) in [4.78, 5) is 0. The van der Waals surface area contributed by atoms with Gasteiger partial charge in [-0.1, -0.05) is 180 Å². The Hall–Kier alpha value is -0.0400. The summed E-state index contributed by atoms with van der Waals surface area (Å²) in [5, 5.41) is 8.76. The second-order valence-corrected chi connectivity index (χ2v) is 10.3. The summed E-state index contributed by atoms with van der Waals surface area (Å²) in [6.45, 7) is 2.68. The number of hydrogen-bond acceptors (Lipinski definition) is 1. The van der Waals surface area contributed by atoms with Crippen LogP contribution in [0.4, 0.5) is 0 Å². The van der Waals surface area contributed by atoms with Crippen LogP contribution in [-0.4, -0.2) is 11.7 Å². The lowest BCUT2D eigenvalue weighted by Crippen LogP contribution is -1.85. The Balaban J connectivity index is 0. The van der Waals surface area contributed by atoms with E-state index in [2.05, 4.69) is 6.92 Å². The molecule has 0 aliphatic heterocycles. The fourth-order valence-corrected chi connectivity index (χ4v) is 4.78. The van der Waals surface area contributed by atoms with Crippen molar-refractivity contribution in [1.82, 2.24) is 0 Å². The van der Waals surface area contributed by atoms with Gasteiger partial charge in [-0.15, -0.1) is 0 Å². The zero-order chi connectivity index (χ0) is 22.5. The lowest BCUT2D eigenvalue weighted by molar-refractivity contribution is 0.282. The van der Waals surface area contributed by atoms with E-state index in [4.69, 9.17) is 5.11 Å². The highest BCUT2D eigenvalue weighted by atomic mass is 16.2. The van der Waals surface area contributed by atoms with Gasteiger partial charge in [0.1, 0.15) is 0 Å². The fourth-order valence-electron chi connectivity index (χ4n) is 4.78. The van der Waals surface area contributed by atoms with E-state index < -0.39 is 0 Å². The predicted molar refractivity (Wildman–Crippen MR) is 145 cm³/mol. The molecule has 0 bridgehead atoms. The maximum absolute atomic E-state index is 8.76. The first-order valence-electron chi connectivity index (χ1n) is 15.0. The summed E-state index contributed by atoms with van der Waals surface area (Å²) < 4.78 is 0. The topological polar surface area (TPSA) is 20.2 Å². The molecule has 192 valence electrons. The van der Waals surface area contributed by atoms with Gasteiger partial charge in [0.15, 0.2) is 0 Å². The van der Waals surface area contributed by atoms with E-state index in [1.807, 2.05) is 0 Å². The Morgan fingerprint density at radius 3 is 0.594 bits per heavy atom. The minimum Gasteiger partial charge on any atom is -0.396 e. The molecule has 1 N–H and O–H groups in total. The monoisotopic (exact) mass is 450 g/mol. The van der Waals surface area contributed by atoms with Crippen LogP contribution in [0.1, 0.15) is 187 Å². The SMILES string of the molecule is CCCCCCCCCCCCCCCCCCCCCCCCCCCCCCO.[C]. The predicted octanol–water partition coefficient (Wildman–Crippen LogP) is 11.0. The third kappa shape index (κ3) is 32.1. The standard InChI is InChI=1S/C30H62O.C/c1-2-3-4-5-6-7-8-9-10-11-12-13-14-15-16-17-18-19-20-21-22-23-24-25-26-27-28-29-30-31;/h31H,2-30H2,1H3;. The average Bonchev–Trinajstić information content (AvgIpc) is 2.78. The molecule has 32 heavy (non-hydrogen) atoms. The number of unbranched alkanes of at least 4 members (excludes halogenated alkanes) is 27. The zero-order valence-corrected chi connectivity index (χ0v) is 22.5. The molecule has 0 aliphatic rings. The van der Waals surface area contributed by atoms with Crippen LogP contribution in [-0.2, 0) is 0 Å². The highest BCUT2D eigenvalue weighted by Crippen LogP contribution is 2.16. The Morgan fingerprint density at radius 2 is 0.438 bits per heavy atom. The molecule has 4 radical (unpaired) electrons. The van der Waals surface area contributed by atoms with Crippen molar-refractivity contribution in [2.24, 2.45) is 0 Å². The maximum atomic E-state index is 8.76. The molecule has 0 heterocycles. The highest BCUT2D eigenvalue weighted by molar-refractivity contribution is 4.52. The normalized spacial score (nSPS) is 11.1. The quantitative estimate of drug-likeness (QED) is 0.117. The lowest BCUT2D eigenvalue weighted by Gasteiger charge is -2.04. The summed E-state index contributed by atoms with van der Waals surface area (Å²) >= 11 is 0. The Kier molecular flexibility index (Phi) is 35.3. The van der Waals surface area contributed by atoms with Crippen LogP contribution in [0, 0.1) is 7.43 Å². The number of aliphatic hydroxyl groups excluding tert-OH is 1. The molecule has 0 unspecified atom stereocenters. The van der Waals surface area contributed by atoms with Crippen LogP contribution in [0.15, 0.2) is 0 Å². The van der Waals surface area contributed by atoms with Crippen molar-refractivity contribution in [3.8, 4) is 0 Å². The van der Waals surface area contributed by atoms with Gasteiger partial charge in [-0.05, 0) is 6.42 Å². The molecule has 0 rings (SSSR count). The van der Waals surface area contributed by atoms with E-state index in [1.165, 1.54) is 173 Å². The van der Waals surface area contributed by atoms with E-state index in [9.17, 15) is 0 Å². The smallest absolute Gasteiger partial charge is 0.0431 e. The van der Waals surface area contributed by atoms with Crippen LogP contribution in [0.3, 0.4) is 0 Å². The Morgan fingerprint density at radius 1 is 0.281 bits per heavy atom. The molecule has 0 saturated heterocycles. The van der Waals surface area contributed by atoms with E-state index >= 15 is 0 Å². The van der Waals surface area contributed by atoms with E-state index in [0.29, 0.717) is 6.61 Å². The molecule has 1 heteroatoms. The molecule has 0 atom stereocenters. The van der Waals surface area contributed by atoms with Gasteiger partial charge in [-0.25, -0.2) is 0 Å². The average molecular weight is 451 g/mol. The highest BCUT2D eigenvalue weighted by Gasteiger charge is 1.96. The van der Waals surface area contributed by atoms with Gasteiger partial charge >= 0.3 is 0 Å². The van der Waals surface area contributed by atoms with Crippen molar-refractivity contribution in [3.63, 3.8) is 0 Å². The number of hydrogen-bond donors (Lipinski definition) is 1. The van der Waals surface area contributed by atoms with E-state index in [0.717, 1.165) is 6.42 Å². The summed E-state index contributed by atoms with van der Waals surface area (Å²) in [5.74, 6) is 0. The lowest BCUT2D eigenvalue weighted by atomic mass is 10.0. The van der Waals surface area contributed by atoms with Crippen molar-refractivity contribution in [2.75, 3.05) is 6.61 Å². The third-order valence-electron chi connectivity index (χ3n) is 7.01. The first-order chi connectivity index (χ1) is 15.4. The first kappa shape index (κ1) is 34.1. The number of aliphatic hydroxyl groups is 1. The van der Waals surface area contributed by atoms with Gasteiger partial charge in [0.2, 0.25) is 0 Å². The van der Waals surface area contributed by atoms with Gasteiger partial charge in [0.25, 0.3) is 0 Å². The van der Waals surface area contributed by atoms with Gasteiger partial charge in [0.05, 0.1) is 0 Å². The van der Waals surface area contributed by atoms with Crippen LogP contribution in [0.25, 0.3) is 0 Å². The molecule has 0 aromatic carbocycles. The largest absolute Gasteiger partial charge is 0.396 e. The first-order valence-corrected chi connectivity index (χ1v) is 15.0. The minimum atomic E-state index is 0. The summed E-state index contributed by atoms with van der Waals surface area (Å²) in [6.07, 6.45) is 40.1. The zero-order valence-electron chi connectivity index (χ0n) is 22.5.